The average molecular weight is 396 g/mol. The van der Waals surface area contributed by atoms with Crippen LogP contribution in [0.2, 0.25) is 0 Å². The average Bonchev–Trinajstić information content (AvgIpc) is 2.76. The summed E-state index contributed by atoms with van der Waals surface area (Å²) in [5.74, 6) is 0.0674. The summed E-state index contributed by atoms with van der Waals surface area (Å²) in [6, 6.07) is 11.8. The van der Waals surface area contributed by atoms with Gasteiger partial charge in [-0.05, 0) is 55.1 Å². The topological polar surface area (TPSA) is 23.8 Å². The number of unbranched alkanes of at least 4 members (excludes halogenated alkanes) is 7. The minimum atomic E-state index is 0.0674. The molecule has 0 N–H and O–H groups in total. The smallest absolute Gasteiger partial charge is 0.0718 e. The van der Waals surface area contributed by atoms with E-state index in [9.17, 15) is 5.26 Å². The predicted molar refractivity (Wildman–Crippen MR) is 126 cm³/mol. The summed E-state index contributed by atoms with van der Waals surface area (Å²) in [7, 11) is 0. The van der Waals surface area contributed by atoms with Gasteiger partial charge in [-0.15, -0.1) is 0 Å². The van der Waals surface area contributed by atoms with Gasteiger partial charge in [0.25, 0.3) is 0 Å². The molecule has 29 heavy (non-hydrogen) atoms. The summed E-state index contributed by atoms with van der Waals surface area (Å²) in [6.07, 6.45) is 22.5. The number of hydrogen-bond acceptors (Lipinski definition) is 1. The zero-order valence-corrected chi connectivity index (χ0v) is 19.4. The monoisotopic (exact) mass is 395 g/mol. The molecule has 1 unspecified atom stereocenters. The van der Waals surface area contributed by atoms with Crippen LogP contribution in [-0.4, -0.2) is 0 Å². The maximum absolute atomic E-state index is 9.96. The predicted octanol–water partition coefficient (Wildman–Crippen LogP) is 9.12. The molecule has 1 aromatic carbocycles. The van der Waals surface area contributed by atoms with E-state index in [0.717, 1.165) is 6.42 Å². The molecule has 162 valence electrons. The Bertz CT molecular complexity index is 573. The summed E-state index contributed by atoms with van der Waals surface area (Å²) in [5.41, 5.74) is 3.11. The highest BCUT2D eigenvalue weighted by Gasteiger charge is 2.34. The second-order valence-electron chi connectivity index (χ2n) is 9.66. The molecule has 1 saturated carbocycles. The molecular weight excluding hydrogens is 350 g/mol. The molecule has 1 atom stereocenters. The van der Waals surface area contributed by atoms with Gasteiger partial charge in [0.2, 0.25) is 0 Å². The van der Waals surface area contributed by atoms with Crippen LogP contribution >= 0.6 is 0 Å². The van der Waals surface area contributed by atoms with Crippen molar-refractivity contribution in [1.82, 2.24) is 0 Å². The molecule has 0 spiro atoms. The van der Waals surface area contributed by atoms with Crippen LogP contribution in [0.15, 0.2) is 24.3 Å². The van der Waals surface area contributed by atoms with E-state index in [1.54, 1.807) is 0 Å². The van der Waals surface area contributed by atoms with Gasteiger partial charge in [-0.1, -0.05) is 109 Å². The van der Waals surface area contributed by atoms with E-state index in [4.69, 9.17) is 0 Å². The number of hydrogen-bond donors (Lipinski definition) is 0. The van der Waals surface area contributed by atoms with Crippen LogP contribution in [0.4, 0.5) is 0 Å². The van der Waals surface area contributed by atoms with Gasteiger partial charge in [-0.2, -0.15) is 5.26 Å². The van der Waals surface area contributed by atoms with Crippen LogP contribution in [0.1, 0.15) is 134 Å². The van der Waals surface area contributed by atoms with Gasteiger partial charge in [0.05, 0.1) is 12.0 Å². The quantitative estimate of drug-likeness (QED) is 0.288. The van der Waals surface area contributed by atoms with Gasteiger partial charge < -0.3 is 0 Å². The molecule has 1 nitrogen and oxygen atoms in total. The van der Waals surface area contributed by atoms with Gasteiger partial charge in [0.15, 0.2) is 0 Å². The first-order valence-corrected chi connectivity index (χ1v) is 12.7. The summed E-state index contributed by atoms with van der Waals surface area (Å²) >= 11 is 0. The fourth-order valence-corrected chi connectivity index (χ4v) is 5.31. The minimum absolute atomic E-state index is 0.0674. The standard InChI is InChI=1S/C28H45N/c1-3-5-7-8-9-11-15-25-16-18-26(19-17-25)27(24-29)23-28(20-12-6-4-2)21-13-10-14-22-28/h16-19,27H,3-15,20-23H2,1-2H3. The molecule has 0 saturated heterocycles. The molecule has 1 heteroatoms. The molecule has 1 fully saturated rings. The molecule has 1 aromatic rings. The third-order valence-electron chi connectivity index (χ3n) is 7.22. The molecule has 1 aliphatic carbocycles. The first-order chi connectivity index (χ1) is 14.2. The fourth-order valence-electron chi connectivity index (χ4n) is 5.31. The Morgan fingerprint density at radius 1 is 0.828 bits per heavy atom. The SMILES string of the molecule is CCCCCCCCc1ccc(C(C#N)CC2(CCCCC)CCCCC2)cc1. The number of nitrogens with zero attached hydrogens (tertiary/aromatic N) is 1. The number of benzene rings is 1. The van der Waals surface area contributed by atoms with Crippen molar-refractivity contribution < 1.29 is 0 Å². The molecule has 0 radical (unpaired) electrons. The molecule has 0 bridgehead atoms. The van der Waals surface area contributed by atoms with Crippen molar-refractivity contribution in [3.8, 4) is 6.07 Å². The van der Waals surface area contributed by atoms with Gasteiger partial charge in [0.1, 0.15) is 0 Å². The molecule has 0 aromatic heterocycles. The molecule has 0 heterocycles. The lowest BCUT2D eigenvalue weighted by Gasteiger charge is -2.39. The maximum atomic E-state index is 9.96. The molecule has 2 rings (SSSR count). The minimum Gasteiger partial charge on any atom is -0.198 e. The zero-order chi connectivity index (χ0) is 20.8. The maximum Gasteiger partial charge on any atom is 0.0718 e. The lowest BCUT2D eigenvalue weighted by molar-refractivity contribution is 0.147. The molecular formula is C28H45N. The molecule has 0 amide bonds. The van der Waals surface area contributed by atoms with Gasteiger partial charge in [-0.3, -0.25) is 0 Å². The van der Waals surface area contributed by atoms with E-state index in [0.29, 0.717) is 5.41 Å². The Labute approximate surface area is 181 Å². The van der Waals surface area contributed by atoms with E-state index in [2.05, 4.69) is 44.2 Å². The van der Waals surface area contributed by atoms with E-state index < -0.39 is 0 Å². The van der Waals surface area contributed by atoms with Crippen molar-refractivity contribution in [1.29, 1.82) is 5.26 Å². The zero-order valence-electron chi connectivity index (χ0n) is 19.4. The van der Waals surface area contributed by atoms with Crippen molar-refractivity contribution in [3.63, 3.8) is 0 Å². The second-order valence-corrected chi connectivity index (χ2v) is 9.66. The third kappa shape index (κ3) is 8.54. The van der Waals surface area contributed by atoms with Crippen LogP contribution < -0.4 is 0 Å². The fraction of sp³-hybridized carbons (Fsp3) is 0.750. The Balaban J connectivity index is 1.89. The summed E-state index contributed by atoms with van der Waals surface area (Å²) < 4.78 is 0. The van der Waals surface area contributed by atoms with Gasteiger partial charge >= 0.3 is 0 Å². The highest BCUT2D eigenvalue weighted by molar-refractivity contribution is 5.29. The Morgan fingerprint density at radius 3 is 2.10 bits per heavy atom. The lowest BCUT2D eigenvalue weighted by atomic mass is 9.65. The Hall–Kier alpha value is -1.29. The first-order valence-electron chi connectivity index (χ1n) is 12.7. The first kappa shape index (κ1) is 24.0. The van der Waals surface area contributed by atoms with Crippen LogP contribution in [0.5, 0.6) is 0 Å². The summed E-state index contributed by atoms with van der Waals surface area (Å²) in [5, 5.41) is 9.96. The third-order valence-corrected chi connectivity index (χ3v) is 7.22. The van der Waals surface area contributed by atoms with E-state index in [1.165, 1.54) is 114 Å². The van der Waals surface area contributed by atoms with Crippen LogP contribution in [0.3, 0.4) is 0 Å². The van der Waals surface area contributed by atoms with Crippen LogP contribution in [0.25, 0.3) is 0 Å². The van der Waals surface area contributed by atoms with Crippen molar-refractivity contribution >= 4 is 0 Å². The number of aryl methyl sites for hydroxylation is 1. The van der Waals surface area contributed by atoms with E-state index in [1.807, 2.05) is 0 Å². The summed E-state index contributed by atoms with van der Waals surface area (Å²) in [4.78, 5) is 0. The molecule has 0 aliphatic heterocycles. The van der Waals surface area contributed by atoms with Crippen molar-refractivity contribution in [3.05, 3.63) is 35.4 Å². The Morgan fingerprint density at radius 2 is 1.45 bits per heavy atom. The largest absolute Gasteiger partial charge is 0.198 e. The lowest BCUT2D eigenvalue weighted by Crippen LogP contribution is -2.26. The van der Waals surface area contributed by atoms with Crippen LogP contribution in [0, 0.1) is 16.7 Å². The van der Waals surface area contributed by atoms with Crippen molar-refractivity contribution in [2.75, 3.05) is 0 Å². The highest BCUT2D eigenvalue weighted by Crippen LogP contribution is 2.47. The van der Waals surface area contributed by atoms with Crippen molar-refractivity contribution in [2.24, 2.45) is 5.41 Å². The number of nitriles is 1. The number of rotatable bonds is 14. The van der Waals surface area contributed by atoms with Crippen LogP contribution in [-0.2, 0) is 6.42 Å². The second kappa shape index (κ2) is 13.8. The van der Waals surface area contributed by atoms with E-state index in [-0.39, 0.29) is 5.92 Å². The Kier molecular flexibility index (Phi) is 11.5. The highest BCUT2D eigenvalue weighted by atomic mass is 14.4. The van der Waals surface area contributed by atoms with Gasteiger partial charge in [0, 0.05) is 0 Å². The molecule has 1 aliphatic rings. The van der Waals surface area contributed by atoms with Crippen molar-refractivity contribution in [2.45, 2.75) is 129 Å². The van der Waals surface area contributed by atoms with E-state index >= 15 is 0 Å². The van der Waals surface area contributed by atoms with Gasteiger partial charge in [-0.25, -0.2) is 0 Å². The normalized spacial score (nSPS) is 17.0. The summed E-state index contributed by atoms with van der Waals surface area (Å²) in [6.45, 7) is 4.57.